The van der Waals surface area contributed by atoms with E-state index < -0.39 is 5.97 Å². The summed E-state index contributed by atoms with van der Waals surface area (Å²) in [6.45, 7) is 0.345. The highest BCUT2D eigenvalue weighted by Crippen LogP contribution is 1.99. The Hall–Kier alpha value is -1.06. The molecular formula is C4H5NO3. The quantitative estimate of drug-likeness (QED) is 0.269. The molecule has 0 aromatic carbocycles. The van der Waals surface area contributed by atoms with Gasteiger partial charge in [-0.2, -0.15) is 0 Å². The standard InChI is InChI=1S/C4H5NO3/c6-4-3(5-7)1-2-8-4/h7H,1-2H2/b5-3-. The van der Waals surface area contributed by atoms with Crippen molar-refractivity contribution in [3.63, 3.8) is 0 Å². The highest BCUT2D eigenvalue weighted by Gasteiger charge is 2.20. The third-order valence-corrected chi connectivity index (χ3v) is 0.928. The molecule has 8 heavy (non-hydrogen) atoms. The number of ether oxygens (including phenoxy) is 1. The minimum Gasteiger partial charge on any atom is -0.461 e. The van der Waals surface area contributed by atoms with Crippen LogP contribution in [0.15, 0.2) is 5.16 Å². The Morgan fingerprint density at radius 1 is 1.75 bits per heavy atom. The maximum atomic E-state index is 10.3. The molecule has 1 heterocycles. The first kappa shape index (κ1) is 5.08. The Morgan fingerprint density at radius 3 is 2.75 bits per heavy atom. The fraction of sp³-hybridized carbons (Fsp3) is 0.500. The summed E-state index contributed by atoms with van der Waals surface area (Å²) in [7, 11) is 0. The van der Waals surface area contributed by atoms with Crippen LogP contribution < -0.4 is 0 Å². The number of rotatable bonds is 0. The van der Waals surface area contributed by atoms with Gasteiger partial charge >= 0.3 is 5.97 Å². The summed E-state index contributed by atoms with van der Waals surface area (Å²) in [6.07, 6.45) is 0.426. The third-order valence-electron chi connectivity index (χ3n) is 0.928. The summed E-state index contributed by atoms with van der Waals surface area (Å²) in [5, 5.41) is 10.7. The van der Waals surface area contributed by atoms with Gasteiger partial charge in [0.1, 0.15) is 0 Å². The average Bonchev–Trinajstić information content (AvgIpc) is 2.14. The Morgan fingerprint density at radius 2 is 2.50 bits per heavy atom. The topological polar surface area (TPSA) is 58.9 Å². The van der Waals surface area contributed by atoms with Gasteiger partial charge in [0.05, 0.1) is 6.61 Å². The molecule has 4 nitrogen and oxygen atoms in total. The number of cyclic esters (lactones) is 1. The second-order valence-corrected chi connectivity index (χ2v) is 1.43. The highest BCUT2D eigenvalue weighted by atomic mass is 16.5. The van der Waals surface area contributed by atoms with Crippen molar-refractivity contribution in [2.24, 2.45) is 5.16 Å². The Bertz CT molecular complexity index is 140. The monoisotopic (exact) mass is 115 g/mol. The van der Waals surface area contributed by atoms with Crippen LogP contribution >= 0.6 is 0 Å². The van der Waals surface area contributed by atoms with E-state index in [-0.39, 0.29) is 5.71 Å². The lowest BCUT2D eigenvalue weighted by atomic mass is 10.3. The second kappa shape index (κ2) is 1.81. The van der Waals surface area contributed by atoms with Crippen LogP contribution in [-0.2, 0) is 9.53 Å². The lowest BCUT2D eigenvalue weighted by Gasteiger charge is -1.82. The van der Waals surface area contributed by atoms with E-state index in [1.807, 2.05) is 0 Å². The molecule has 0 aromatic heterocycles. The summed E-state index contributed by atoms with van der Waals surface area (Å²) in [5.74, 6) is -0.507. The number of hydrogen-bond donors (Lipinski definition) is 1. The molecule has 44 valence electrons. The van der Waals surface area contributed by atoms with Gasteiger partial charge < -0.3 is 9.94 Å². The number of nitrogens with zero attached hydrogens (tertiary/aromatic N) is 1. The maximum absolute atomic E-state index is 10.3. The molecule has 0 amide bonds. The van der Waals surface area contributed by atoms with Crippen LogP contribution in [0, 0.1) is 0 Å². The Kier molecular flexibility index (Phi) is 1.15. The summed E-state index contributed by atoms with van der Waals surface area (Å²) in [6, 6.07) is 0. The van der Waals surface area contributed by atoms with E-state index in [9.17, 15) is 4.79 Å². The molecule has 0 aromatic rings. The predicted molar refractivity (Wildman–Crippen MR) is 24.8 cm³/mol. The van der Waals surface area contributed by atoms with Gasteiger partial charge in [-0.15, -0.1) is 0 Å². The first-order valence-electron chi connectivity index (χ1n) is 2.22. The van der Waals surface area contributed by atoms with E-state index >= 15 is 0 Å². The fourth-order valence-electron chi connectivity index (χ4n) is 0.517. The molecule has 1 aliphatic heterocycles. The molecule has 0 radical (unpaired) electrons. The lowest BCUT2D eigenvalue weighted by molar-refractivity contribution is -0.132. The molecule has 1 aliphatic rings. The van der Waals surface area contributed by atoms with Crippen molar-refractivity contribution in [1.82, 2.24) is 0 Å². The van der Waals surface area contributed by atoms with Crippen molar-refractivity contribution in [3.8, 4) is 0 Å². The molecule has 0 aliphatic carbocycles. The van der Waals surface area contributed by atoms with Crippen molar-refractivity contribution < 1.29 is 14.7 Å². The SMILES string of the molecule is O=C1OCC/C1=N/O. The van der Waals surface area contributed by atoms with E-state index in [0.717, 1.165) is 0 Å². The molecule has 4 heteroatoms. The molecule has 0 spiro atoms. The van der Waals surface area contributed by atoms with E-state index in [1.54, 1.807) is 0 Å². The van der Waals surface area contributed by atoms with Gasteiger partial charge in [0.15, 0.2) is 5.71 Å². The van der Waals surface area contributed by atoms with Crippen molar-refractivity contribution >= 4 is 11.7 Å². The zero-order chi connectivity index (χ0) is 5.98. The third kappa shape index (κ3) is 0.641. The van der Waals surface area contributed by atoms with Gasteiger partial charge in [0, 0.05) is 6.42 Å². The maximum Gasteiger partial charge on any atom is 0.356 e. The summed E-state index contributed by atoms with van der Waals surface area (Å²) < 4.78 is 4.43. The molecule has 0 saturated carbocycles. The van der Waals surface area contributed by atoms with E-state index in [0.29, 0.717) is 13.0 Å². The largest absolute Gasteiger partial charge is 0.461 e. The van der Waals surface area contributed by atoms with Crippen LogP contribution in [0.25, 0.3) is 0 Å². The van der Waals surface area contributed by atoms with Crippen LogP contribution in [0.5, 0.6) is 0 Å². The van der Waals surface area contributed by atoms with Crippen LogP contribution in [0.1, 0.15) is 6.42 Å². The molecular weight excluding hydrogens is 110 g/mol. The number of carbonyl (C=O) groups excluding carboxylic acids is 1. The number of esters is 1. The molecule has 1 fully saturated rings. The molecule has 1 rings (SSSR count). The van der Waals surface area contributed by atoms with Gasteiger partial charge in [-0.1, -0.05) is 5.16 Å². The van der Waals surface area contributed by atoms with E-state index in [1.165, 1.54) is 0 Å². The molecule has 1 saturated heterocycles. The van der Waals surface area contributed by atoms with Crippen LogP contribution in [0.4, 0.5) is 0 Å². The number of hydrogen-bond acceptors (Lipinski definition) is 4. The minimum absolute atomic E-state index is 0.116. The Labute approximate surface area is 45.7 Å². The van der Waals surface area contributed by atoms with E-state index in [2.05, 4.69) is 9.89 Å². The average molecular weight is 115 g/mol. The van der Waals surface area contributed by atoms with Crippen molar-refractivity contribution in [3.05, 3.63) is 0 Å². The normalized spacial score (nSPS) is 24.0. The van der Waals surface area contributed by atoms with Gasteiger partial charge in [-0.25, -0.2) is 4.79 Å². The van der Waals surface area contributed by atoms with Crippen LogP contribution in [-0.4, -0.2) is 23.5 Å². The molecule has 0 unspecified atom stereocenters. The zero-order valence-electron chi connectivity index (χ0n) is 4.13. The van der Waals surface area contributed by atoms with Gasteiger partial charge in [0.2, 0.25) is 0 Å². The van der Waals surface area contributed by atoms with Crippen molar-refractivity contribution in [2.45, 2.75) is 6.42 Å². The molecule has 1 N–H and O–H groups in total. The molecule has 0 atom stereocenters. The van der Waals surface area contributed by atoms with Gasteiger partial charge in [-0.05, 0) is 0 Å². The minimum atomic E-state index is -0.507. The summed E-state index contributed by atoms with van der Waals surface area (Å²) >= 11 is 0. The summed E-state index contributed by atoms with van der Waals surface area (Å²) in [5.41, 5.74) is 0.116. The summed E-state index contributed by atoms with van der Waals surface area (Å²) in [4.78, 5) is 10.3. The van der Waals surface area contributed by atoms with E-state index in [4.69, 9.17) is 5.21 Å². The van der Waals surface area contributed by atoms with Crippen LogP contribution in [0.2, 0.25) is 0 Å². The predicted octanol–water partition coefficient (Wildman–Crippen LogP) is -0.236. The lowest BCUT2D eigenvalue weighted by Crippen LogP contribution is -2.04. The second-order valence-electron chi connectivity index (χ2n) is 1.43. The van der Waals surface area contributed by atoms with Crippen molar-refractivity contribution in [1.29, 1.82) is 0 Å². The fourth-order valence-corrected chi connectivity index (χ4v) is 0.517. The van der Waals surface area contributed by atoms with Crippen molar-refractivity contribution in [2.75, 3.05) is 6.61 Å². The highest BCUT2D eigenvalue weighted by molar-refractivity contribution is 6.37. The van der Waals surface area contributed by atoms with Gasteiger partial charge in [-0.3, -0.25) is 0 Å². The van der Waals surface area contributed by atoms with Crippen LogP contribution in [0.3, 0.4) is 0 Å². The first-order valence-corrected chi connectivity index (χ1v) is 2.22. The zero-order valence-corrected chi connectivity index (χ0v) is 4.13. The Balaban J connectivity index is 2.69. The van der Waals surface area contributed by atoms with Gasteiger partial charge in [0.25, 0.3) is 0 Å². The smallest absolute Gasteiger partial charge is 0.356 e. The first-order chi connectivity index (χ1) is 3.84. The number of oxime groups is 1. The number of carbonyl (C=O) groups is 1. The molecule has 0 bridgehead atoms.